The van der Waals surface area contributed by atoms with Crippen molar-refractivity contribution in [2.45, 2.75) is 184 Å². The number of hydrogen-bond acceptors (Lipinski definition) is 0. The van der Waals surface area contributed by atoms with Crippen LogP contribution in [0.5, 0.6) is 0 Å². The van der Waals surface area contributed by atoms with Crippen LogP contribution in [0.15, 0.2) is 54.6 Å². The predicted molar refractivity (Wildman–Crippen MR) is 232 cm³/mol. The number of aryl methyl sites for hydroxylation is 6. The molecule has 4 fully saturated rings. The molecule has 3 aromatic rings. The van der Waals surface area contributed by atoms with Crippen molar-refractivity contribution >= 4 is 29.6 Å². The zero-order valence-corrected chi connectivity index (χ0v) is 37.6. The maximum atomic E-state index is 9.67. The molecule has 0 radical (unpaired) electrons. The van der Waals surface area contributed by atoms with Gasteiger partial charge in [-0.05, 0) is 0 Å². The van der Waals surface area contributed by atoms with Crippen molar-refractivity contribution in [2.24, 2.45) is 0 Å². The van der Waals surface area contributed by atoms with Crippen LogP contribution in [0.1, 0.15) is 171 Å². The molecular weight excluding hydrogens is 779 g/mol. The van der Waals surface area contributed by atoms with E-state index in [0.717, 1.165) is 17.0 Å². The van der Waals surface area contributed by atoms with Gasteiger partial charge in [0.1, 0.15) is 0 Å². The van der Waals surface area contributed by atoms with Gasteiger partial charge >= 0.3 is 329 Å². The van der Waals surface area contributed by atoms with E-state index in [2.05, 4.69) is 101 Å². The van der Waals surface area contributed by atoms with Crippen molar-refractivity contribution in [1.29, 1.82) is 0 Å². The Balaban J connectivity index is 1.64. The summed E-state index contributed by atoms with van der Waals surface area (Å²) in [5.74, 6) is 0.766. The fraction of sp³-hybridized carbons (Fsp3) is 0.604. The second-order valence-corrected chi connectivity index (χ2v) is 47.0. The molecule has 4 aliphatic rings. The third-order valence-corrected chi connectivity index (χ3v) is 54.4. The van der Waals surface area contributed by atoms with Crippen molar-refractivity contribution in [3.8, 4) is 0 Å². The summed E-state index contributed by atoms with van der Waals surface area (Å²) in [6.07, 6.45) is 23.1. The van der Waals surface area contributed by atoms with Gasteiger partial charge in [0.25, 0.3) is 0 Å². The number of halogens is 2. The maximum absolute atomic E-state index is 9.67. The molecule has 7 rings (SSSR count). The van der Waals surface area contributed by atoms with E-state index in [1.54, 1.807) is 11.1 Å². The second-order valence-electron chi connectivity index (χ2n) is 18.0. The van der Waals surface area contributed by atoms with Gasteiger partial charge in [-0.15, -0.1) is 0 Å². The fourth-order valence-corrected chi connectivity index (χ4v) is 65.3. The molecule has 0 N–H and O–H groups in total. The molecule has 4 aliphatic carbocycles. The molecule has 0 aliphatic heterocycles. The van der Waals surface area contributed by atoms with Gasteiger partial charge in [-0.1, -0.05) is 0 Å². The summed E-state index contributed by atoms with van der Waals surface area (Å²) in [7, 11) is 14.7. The van der Waals surface area contributed by atoms with Crippen LogP contribution in [0, 0.1) is 41.5 Å². The van der Waals surface area contributed by atoms with E-state index in [0.29, 0.717) is 11.8 Å². The van der Waals surface area contributed by atoms with E-state index < -0.39 is 16.3 Å². The Morgan fingerprint density at radius 1 is 0.500 bits per heavy atom. The molecule has 4 heteroatoms. The van der Waals surface area contributed by atoms with Gasteiger partial charge in [0, 0.05) is 0 Å². The van der Waals surface area contributed by atoms with Gasteiger partial charge in [0.15, 0.2) is 0 Å². The van der Waals surface area contributed by atoms with Crippen molar-refractivity contribution in [3.05, 3.63) is 105 Å². The SMILES string of the molecule is Cc1cc(C)c(C2CCC(c3c(C)cc(C)cc3C)[CH]2[Ru]([Cl])([Cl])(=[CH]c2ccccc2)[PH](C2CCCCC2)(C2CCCCC2)C2CCCCC2)c(C)c1. The Hall–Kier alpha value is -0.837. The summed E-state index contributed by atoms with van der Waals surface area (Å²) < 4.78 is 3.05. The first-order chi connectivity index (χ1) is 24.9. The molecule has 0 aromatic heterocycles. The molecule has 2 unspecified atom stereocenters. The molecule has 0 saturated heterocycles. The summed E-state index contributed by atoms with van der Waals surface area (Å²) in [4.78, 5) is 0. The summed E-state index contributed by atoms with van der Waals surface area (Å²) in [6.45, 7) is 14.2. The van der Waals surface area contributed by atoms with E-state index in [-0.39, 0.29) is 4.51 Å². The van der Waals surface area contributed by atoms with Crippen LogP contribution in [0.3, 0.4) is 0 Å². The van der Waals surface area contributed by atoms with E-state index in [4.69, 9.17) is 0 Å². The summed E-state index contributed by atoms with van der Waals surface area (Å²) >= 11 is 0. The third-order valence-electron chi connectivity index (χ3n) is 14.5. The van der Waals surface area contributed by atoms with Crippen LogP contribution in [0.2, 0.25) is 4.51 Å². The van der Waals surface area contributed by atoms with Crippen molar-refractivity contribution in [2.75, 3.05) is 0 Å². The normalized spacial score (nSPS) is 25.5. The van der Waals surface area contributed by atoms with E-state index >= 15 is 0 Å². The third kappa shape index (κ3) is 6.94. The summed E-state index contributed by atoms with van der Waals surface area (Å²) in [5, 5.41) is 0. The van der Waals surface area contributed by atoms with Gasteiger partial charge in [-0.25, -0.2) is 0 Å². The van der Waals surface area contributed by atoms with Crippen LogP contribution in [-0.2, 0) is 10.7 Å². The standard InChI is InChI=1S/C23H29.C18H33P.C7H6.2ClH.Ru/c1-14-9-16(3)22(17(4)10-14)20-7-8-21(13-20)23-18(5)11-15(2)12-19(23)6;1-4-10-16(11-5-1)19(17-12-6-2-7-13-17)18-14-8-3-9-15-18;1-7-5-3-2-4-6-7;;;/h9-13,20-21H,7-8H2,1-6H3;16-18H,1-15H2;1-6H;2*1H;/q;;;;;+1/p-1. The zero-order chi connectivity index (χ0) is 36.7. The molecule has 288 valence electrons. The van der Waals surface area contributed by atoms with Crippen molar-refractivity contribution in [1.82, 2.24) is 0 Å². The molecule has 0 nitrogen and oxygen atoms in total. The van der Waals surface area contributed by atoms with Gasteiger partial charge in [-0.2, -0.15) is 0 Å². The molecule has 0 heterocycles. The van der Waals surface area contributed by atoms with Gasteiger partial charge < -0.3 is 0 Å². The number of rotatable bonds is 8. The average Bonchev–Trinajstić information content (AvgIpc) is 3.55. The van der Waals surface area contributed by atoms with Crippen LogP contribution in [0.25, 0.3) is 0 Å². The van der Waals surface area contributed by atoms with Crippen LogP contribution in [0.4, 0.5) is 0 Å². The minimum atomic E-state index is -4.66. The molecule has 2 atom stereocenters. The first-order valence-electron chi connectivity index (χ1n) is 21.2. The predicted octanol–water partition coefficient (Wildman–Crippen LogP) is 15.5. The Morgan fingerprint density at radius 2 is 0.846 bits per heavy atom. The topological polar surface area (TPSA) is 0 Å². The molecule has 0 spiro atoms. The molecular formula is C48H69Cl2PRu. The zero-order valence-electron chi connectivity index (χ0n) is 33.4. The van der Waals surface area contributed by atoms with Crippen LogP contribution in [-0.4, -0.2) is 21.6 Å². The Morgan fingerprint density at radius 3 is 1.19 bits per heavy atom. The van der Waals surface area contributed by atoms with Crippen LogP contribution >= 0.6 is 25.0 Å². The van der Waals surface area contributed by atoms with E-state index in [1.165, 1.54) is 148 Å². The quantitative estimate of drug-likeness (QED) is 0.156. The van der Waals surface area contributed by atoms with Crippen LogP contribution < -0.4 is 0 Å². The van der Waals surface area contributed by atoms with Gasteiger partial charge in [0.2, 0.25) is 0 Å². The Labute approximate surface area is 326 Å². The first-order valence-corrected chi connectivity index (χ1v) is 32.4. The molecule has 0 amide bonds. The fourth-order valence-electron chi connectivity index (χ4n) is 13.2. The average molecular weight is 849 g/mol. The molecule has 4 saturated carbocycles. The van der Waals surface area contributed by atoms with Crippen molar-refractivity contribution in [3.63, 3.8) is 0 Å². The monoisotopic (exact) mass is 848 g/mol. The number of hydrogen-bond donors (Lipinski definition) is 0. The summed E-state index contributed by atoms with van der Waals surface area (Å²) in [5.41, 5.74) is 12.8. The molecule has 0 bridgehead atoms. The number of benzene rings is 3. The van der Waals surface area contributed by atoms with Gasteiger partial charge in [0.05, 0.1) is 0 Å². The van der Waals surface area contributed by atoms with E-state index in [1.807, 2.05) is 0 Å². The minimum absolute atomic E-state index is 0.276. The summed E-state index contributed by atoms with van der Waals surface area (Å²) in [6, 6.07) is 21.3. The first kappa shape index (κ1) is 39.4. The van der Waals surface area contributed by atoms with Gasteiger partial charge in [-0.3, -0.25) is 0 Å². The van der Waals surface area contributed by atoms with Crippen molar-refractivity contribution < 1.29 is 10.7 Å². The Kier molecular flexibility index (Phi) is 12.1. The molecule has 3 aromatic carbocycles. The second kappa shape index (κ2) is 16.0. The molecule has 52 heavy (non-hydrogen) atoms. The Bertz CT molecular complexity index is 1630. The van der Waals surface area contributed by atoms with E-state index in [9.17, 15) is 19.4 Å².